The first-order chi connectivity index (χ1) is 9.69. The molecule has 0 aliphatic heterocycles. The van der Waals surface area contributed by atoms with Crippen molar-refractivity contribution in [1.29, 1.82) is 0 Å². The van der Waals surface area contributed by atoms with E-state index in [0.717, 1.165) is 42.1 Å². The van der Waals surface area contributed by atoms with Crippen LogP contribution in [0.2, 0.25) is 0 Å². The van der Waals surface area contributed by atoms with Gasteiger partial charge in [-0.3, -0.25) is 4.79 Å². The van der Waals surface area contributed by atoms with Gasteiger partial charge in [0.25, 0.3) is 0 Å². The minimum absolute atomic E-state index is 0.0929. The van der Waals surface area contributed by atoms with Crippen molar-refractivity contribution < 1.29 is 9.90 Å². The fraction of sp³-hybridized carbons (Fsp3) is 0.562. The van der Waals surface area contributed by atoms with Gasteiger partial charge in [0, 0.05) is 29.5 Å². The van der Waals surface area contributed by atoms with Gasteiger partial charge in [0.1, 0.15) is 0 Å². The molecule has 4 heteroatoms. The van der Waals surface area contributed by atoms with Gasteiger partial charge in [0.15, 0.2) is 0 Å². The van der Waals surface area contributed by atoms with E-state index in [1.165, 1.54) is 0 Å². The highest BCUT2D eigenvalue weighted by Gasteiger charge is 2.25. The van der Waals surface area contributed by atoms with Crippen molar-refractivity contribution in [2.75, 3.05) is 6.61 Å². The summed E-state index contributed by atoms with van der Waals surface area (Å²) in [7, 11) is 0. The second-order valence-electron chi connectivity index (χ2n) is 5.53. The van der Waals surface area contributed by atoms with Crippen LogP contribution in [0, 0.1) is 5.92 Å². The largest absolute Gasteiger partial charge is 0.396 e. The summed E-state index contributed by atoms with van der Waals surface area (Å²) >= 11 is 3.44. The van der Waals surface area contributed by atoms with Gasteiger partial charge in [0.05, 0.1) is 0 Å². The van der Waals surface area contributed by atoms with Gasteiger partial charge in [0.2, 0.25) is 5.91 Å². The number of aliphatic hydroxyl groups excluding tert-OH is 1. The predicted octanol–water partition coefficient (Wildman–Crippen LogP) is 3.05. The Morgan fingerprint density at radius 1 is 1.35 bits per heavy atom. The van der Waals surface area contributed by atoms with E-state index in [4.69, 9.17) is 0 Å². The van der Waals surface area contributed by atoms with Gasteiger partial charge in [-0.1, -0.05) is 40.9 Å². The molecule has 0 aromatic heterocycles. The predicted molar refractivity (Wildman–Crippen MR) is 83.4 cm³/mol. The van der Waals surface area contributed by atoms with E-state index >= 15 is 0 Å². The highest BCUT2D eigenvalue weighted by molar-refractivity contribution is 9.10. The summed E-state index contributed by atoms with van der Waals surface area (Å²) in [5.74, 6) is 0.328. The van der Waals surface area contributed by atoms with Crippen LogP contribution in [0.3, 0.4) is 0 Å². The van der Waals surface area contributed by atoms with Gasteiger partial charge in [-0.15, -0.1) is 0 Å². The minimum atomic E-state index is 0.0929. The van der Waals surface area contributed by atoms with E-state index in [-0.39, 0.29) is 24.5 Å². The van der Waals surface area contributed by atoms with E-state index in [9.17, 15) is 9.90 Å². The molecule has 2 unspecified atom stereocenters. The van der Waals surface area contributed by atoms with Crippen molar-refractivity contribution in [2.45, 2.75) is 44.6 Å². The number of amides is 1. The normalized spacial score (nSPS) is 22.5. The zero-order chi connectivity index (χ0) is 14.4. The van der Waals surface area contributed by atoms with Gasteiger partial charge in [-0.2, -0.15) is 0 Å². The van der Waals surface area contributed by atoms with Crippen molar-refractivity contribution >= 4 is 21.8 Å². The molecule has 3 nitrogen and oxygen atoms in total. The van der Waals surface area contributed by atoms with Gasteiger partial charge >= 0.3 is 0 Å². The third-order valence-electron chi connectivity index (χ3n) is 4.02. The number of aryl methyl sites for hydroxylation is 1. The summed E-state index contributed by atoms with van der Waals surface area (Å²) in [6.45, 7) is 0.177. The molecule has 0 heterocycles. The number of halogens is 1. The molecule has 1 aromatic rings. The molecule has 20 heavy (non-hydrogen) atoms. The molecule has 2 atom stereocenters. The maximum Gasteiger partial charge on any atom is 0.220 e. The van der Waals surface area contributed by atoms with Crippen molar-refractivity contribution in [3.05, 3.63) is 34.3 Å². The Balaban J connectivity index is 1.80. The van der Waals surface area contributed by atoms with E-state index in [2.05, 4.69) is 21.2 Å². The number of hydrogen-bond acceptors (Lipinski definition) is 2. The molecular formula is C16H22BrNO2. The molecule has 1 aliphatic carbocycles. The van der Waals surface area contributed by atoms with E-state index in [1.54, 1.807) is 0 Å². The third kappa shape index (κ3) is 4.60. The van der Waals surface area contributed by atoms with E-state index in [1.807, 2.05) is 24.3 Å². The van der Waals surface area contributed by atoms with Crippen LogP contribution in [0.5, 0.6) is 0 Å². The standard InChI is InChI=1S/C16H22BrNO2/c17-14-6-3-4-12(10-14)8-9-16(20)18-15-7-2-1-5-13(15)11-19/h3-4,6,10,13,15,19H,1-2,5,7-9,11H2,(H,18,20). The molecule has 1 aliphatic rings. The number of hydrogen-bond donors (Lipinski definition) is 2. The molecule has 0 spiro atoms. The lowest BCUT2D eigenvalue weighted by molar-refractivity contribution is -0.122. The molecule has 1 fully saturated rings. The third-order valence-corrected chi connectivity index (χ3v) is 4.51. The lowest BCUT2D eigenvalue weighted by Gasteiger charge is -2.30. The molecular weight excluding hydrogens is 318 g/mol. The maximum atomic E-state index is 12.0. The second-order valence-corrected chi connectivity index (χ2v) is 6.45. The Kier molecular flexibility index (Phi) is 6.05. The lowest BCUT2D eigenvalue weighted by atomic mass is 9.85. The second kappa shape index (κ2) is 7.79. The van der Waals surface area contributed by atoms with Gasteiger partial charge in [-0.25, -0.2) is 0 Å². The number of rotatable bonds is 5. The minimum Gasteiger partial charge on any atom is -0.396 e. The summed E-state index contributed by atoms with van der Waals surface area (Å²) in [5.41, 5.74) is 1.16. The Morgan fingerprint density at radius 2 is 2.15 bits per heavy atom. The fourth-order valence-corrected chi connectivity index (χ4v) is 3.29. The molecule has 0 radical (unpaired) electrons. The van der Waals surface area contributed by atoms with Crippen LogP contribution in [-0.2, 0) is 11.2 Å². The molecule has 2 N–H and O–H groups in total. The summed E-state index contributed by atoms with van der Waals surface area (Å²) in [4.78, 5) is 12.0. The Bertz CT molecular complexity index is 450. The monoisotopic (exact) mass is 339 g/mol. The van der Waals surface area contributed by atoms with E-state index in [0.29, 0.717) is 6.42 Å². The zero-order valence-electron chi connectivity index (χ0n) is 11.6. The van der Waals surface area contributed by atoms with Crippen molar-refractivity contribution in [3.63, 3.8) is 0 Å². The summed E-state index contributed by atoms with van der Waals surface area (Å²) in [6.07, 6.45) is 5.58. The van der Waals surface area contributed by atoms with Gasteiger partial charge in [-0.05, 0) is 37.0 Å². The number of benzene rings is 1. The average molecular weight is 340 g/mol. The van der Waals surface area contributed by atoms with Crippen LogP contribution in [0.4, 0.5) is 0 Å². The summed E-state index contributed by atoms with van der Waals surface area (Å²) < 4.78 is 1.04. The quantitative estimate of drug-likeness (QED) is 0.866. The molecule has 1 amide bonds. The summed E-state index contributed by atoms with van der Waals surface area (Å²) in [6, 6.07) is 8.21. The number of carbonyl (C=O) groups excluding carboxylic acids is 1. The first-order valence-corrected chi connectivity index (χ1v) is 8.13. The molecule has 2 rings (SSSR count). The van der Waals surface area contributed by atoms with Crippen LogP contribution in [-0.4, -0.2) is 23.7 Å². The maximum absolute atomic E-state index is 12.0. The molecule has 1 aromatic carbocycles. The van der Waals surface area contributed by atoms with Crippen LogP contribution < -0.4 is 5.32 Å². The first kappa shape index (κ1) is 15.5. The number of carbonyl (C=O) groups is 1. The van der Waals surface area contributed by atoms with Crippen LogP contribution in [0.1, 0.15) is 37.7 Å². The smallest absolute Gasteiger partial charge is 0.220 e. The van der Waals surface area contributed by atoms with Crippen molar-refractivity contribution in [3.8, 4) is 0 Å². The van der Waals surface area contributed by atoms with Gasteiger partial charge < -0.3 is 10.4 Å². The summed E-state index contributed by atoms with van der Waals surface area (Å²) in [5, 5.41) is 12.5. The zero-order valence-corrected chi connectivity index (χ0v) is 13.2. The van der Waals surface area contributed by atoms with Crippen LogP contribution in [0.15, 0.2) is 28.7 Å². The Labute approximate surface area is 128 Å². The van der Waals surface area contributed by atoms with Crippen LogP contribution >= 0.6 is 15.9 Å². The topological polar surface area (TPSA) is 49.3 Å². The molecule has 110 valence electrons. The molecule has 0 bridgehead atoms. The van der Waals surface area contributed by atoms with E-state index < -0.39 is 0 Å². The number of nitrogens with one attached hydrogen (secondary N) is 1. The fourth-order valence-electron chi connectivity index (χ4n) is 2.85. The highest BCUT2D eigenvalue weighted by atomic mass is 79.9. The molecule has 0 saturated heterocycles. The van der Waals surface area contributed by atoms with Crippen LogP contribution in [0.25, 0.3) is 0 Å². The molecule has 1 saturated carbocycles. The first-order valence-electron chi connectivity index (χ1n) is 7.33. The Hall–Kier alpha value is -0.870. The average Bonchev–Trinajstić information content (AvgIpc) is 2.46. The Morgan fingerprint density at radius 3 is 2.90 bits per heavy atom. The van der Waals surface area contributed by atoms with Crippen molar-refractivity contribution in [1.82, 2.24) is 5.32 Å². The number of aliphatic hydroxyl groups is 1. The highest BCUT2D eigenvalue weighted by Crippen LogP contribution is 2.24. The lowest BCUT2D eigenvalue weighted by Crippen LogP contribution is -2.43. The SMILES string of the molecule is O=C(CCc1cccc(Br)c1)NC1CCCCC1CO. The van der Waals surface area contributed by atoms with Crippen molar-refractivity contribution in [2.24, 2.45) is 5.92 Å².